The van der Waals surface area contributed by atoms with E-state index in [4.69, 9.17) is 59.0 Å². The summed E-state index contributed by atoms with van der Waals surface area (Å²) in [5.41, 5.74) is 18.3. The number of nitrogens with one attached hydrogen (secondary N) is 1. The van der Waals surface area contributed by atoms with Crippen LogP contribution in [-0.4, -0.2) is 147 Å². The number of esters is 3. The van der Waals surface area contributed by atoms with Gasteiger partial charge in [-0.25, -0.2) is 63.8 Å². The van der Waals surface area contributed by atoms with Crippen LogP contribution in [0.4, 0.5) is 45.9 Å². The number of aromatic amines is 1. The van der Waals surface area contributed by atoms with Gasteiger partial charge in [0.25, 0.3) is 20.0 Å². The first-order chi connectivity index (χ1) is 67.6. The van der Waals surface area contributed by atoms with Crippen molar-refractivity contribution in [2.24, 2.45) is 5.92 Å². The molecule has 0 atom stereocenters. The number of nitrogens with zero attached hydrogens (tertiary/aromatic N) is 13. The van der Waals surface area contributed by atoms with Crippen molar-refractivity contribution in [3.8, 4) is 28.6 Å². The Bertz CT molecular complexity index is 7420. The lowest BCUT2D eigenvalue weighted by molar-refractivity contribution is -0.112. The Morgan fingerprint density at radius 1 is 0.514 bits per heavy atom. The fourth-order valence-corrected chi connectivity index (χ4v) is 21.4. The lowest BCUT2D eigenvalue weighted by Crippen LogP contribution is -2.41. The second-order valence-electron chi connectivity index (χ2n) is 34.9. The summed E-state index contributed by atoms with van der Waals surface area (Å²) >= 11 is 7.03. The van der Waals surface area contributed by atoms with Gasteiger partial charge in [0.15, 0.2) is 11.6 Å². The first-order valence-electron chi connectivity index (χ1n) is 45.5. The second-order valence-corrected chi connectivity index (χ2v) is 40.0. The Morgan fingerprint density at radius 3 is 1.27 bits per heavy atom. The summed E-state index contributed by atoms with van der Waals surface area (Å²) in [4.78, 5) is 83.3. The number of anilines is 6. The van der Waals surface area contributed by atoms with Crippen molar-refractivity contribution in [2.45, 2.75) is 122 Å². The van der Waals surface area contributed by atoms with Gasteiger partial charge in [-0.2, -0.15) is 5.26 Å². The van der Waals surface area contributed by atoms with E-state index < -0.39 is 56.3 Å². The van der Waals surface area contributed by atoms with Crippen LogP contribution in [0.25, 0.3) is 64.9 Å². The number of rotatable bonds is 24. The minimum atomic E-state index is -4.32. The number of nitrogen functional groups attached to an aromatic ring is 1. The number of carbonyl (C=O) groups excluding carboxylic acids is 4. The third-order valence-corrected chi connectivity index (χ3v) is 30.3. The lowest BCUT2D eigenvalue weighted by atomic mass is 9.75. The molecule has 1 saturated carbocycles. The van der Waals surface area contributed by atoms with Gasteiger partial charge in [0.2, 0.25) is 16.6 Å². The highest BCUT2D eigenvalue weighted by Crippen LogP contribution is 2.48. The van der Waals surface area contributed by atoms with Crippen LogP contribution in [-0.2, 0) is 74.5 Å². The van der Waals surface area contributed by atoms with E-state index in [1.807, 2.05) is 236 Å². The van der Waals surface area contributed by atoms with Gasteiger partial charge in [0.1, 0.15) is 22.9 Å². The van der Waals surface area contributed by atoms with Crippen molar-refractivity contribution < 1.29 is 59.5 Å². The Hall–Kier alpha value is -14.7. The minimum absolute atomic E-state index is 0. The number of hydrogen-bond donors (Lipinski definition) is 2. The molecule has 726 valence electrons. The minimum Gasteiger partial charge on any atom is -0.465 e. The van der Waals surface area contributed by atoms with E-state index in [0.29, 0.717) is 103 Å². The van der Waals surface area contributed by atoms with E-state index in [9.17, 15) is 41.3 Å². The molecule has 10 heterocycles. The number of fused-ring (bicyclic) bond motifs is 3. The normalized spacial score (nSPS) is 14.1. The number of carbonyl (C=O) groups is 4. The van der Waals surface area contributed by atoms with Crippen LogP contribution in [0.15, 0.2) is 283 Å². The second kappa shape index (κ2) is 44.8. The Kier molecular flexibility index (Phi) is 32.6. The first kappa shape index (κ1) is 103. The largest absolute Gasteiger partial charge is 0.496 e. The Balaban J connectivity index is 0.000000153. The van der Waals surface area contributed by atoms with Crippen LogP contribution < -0.4 is 35.7 Å². The van der Waals surface area contributed by atoms with Gasteiger partial charge < -0.3 is 58.7 Å². The molecule has 5 aliphatic rings. The molecule has 33 heteroatoms. The van der Waals surface area contributed by atoms with Crippen molar-refractivity contribution in [2.75, 3.05) is 90.8 Å². The number of H-pyrrole nitrogens is 1. The van der Waals surface area contributed by atoms with Crippen LogP contribution in [0.2, 0.25) is 0 Å². The van der Waals surface area contributed by atoms with Crippen molar-refractivity contribution in [1.29, 1.82) is 5.26 Å². The van der Waals surface area contributed by atoms with Crippen LogP contribution in [0.1, 0.15) is 134 Å². The maximum Gasteiger partial charge on any atom is 0.496 e. The first-order valence-corrected chi connectivity index (χ1v) is 49.8. The molecule has 142 heavy (non-hydrogen) atoms. The zero-order valence-corrected chi connectivity index (χ0v) is 82.6. The standard InChI is InChI=1S/C39H33N5O4S.C29H24IN3O4S.C19H17N5O2.C16H21BN2O2.C4H5ClO.2CH4/c1-40-36-31(20-12-21-34(36)42-22-13-23-42)35-24-32-33(39(45)48-2)25-41-38(37(32)44(35)49(46,47)30-18-10-5-11-19-30)43(26-28-14-6-3-7-15-28)27-29-16-8-4-9-17-29;1-37-29(34)25-18-31-28(32(19-21-11-5-2-6-12-21)20-22-13-7-3-8-14-22)27-24(25)17-26(30)33(27)38(35,36)23-15-9-4-10-16-23;1-21-16-11(5-3-6-15(16)24-7-4-8-24)14-9-12-13(19(25)26-2)10-22-18(20)17(12)23-14;1-15(2)16(3,4)21-17(20-15)13-7-5-8-14(12(13)11-18)19-9-6-10-19;5-4(6)3-1-2-3;;/h3-12,14-21,24-25H,13,22-23,26-27H2,2H3;2-18H,19-20H2,1H3;3,5-6,9-10,23H,4,7-8H2,2H3,(H2,20,22);5,7-8H,6,9-10H2,1-4H3;3H,1-2H2;2*1H4. The van der Waals surface area contributed by atoms with Crippen molar-refractivity contribution >= 4 is 169 Å². The predicted octanol–water partition coefficient (Wildman–Crippen LogP) is 21.4. The summed E-state index contributed by atoms with van der Waals surface area (Å²) in [6.07, 6.45) is 9.69. The monoisotopic (exact) mass is 2070 g/mol. The maximum atomic E-state index is 14.9. The van der Waals surface area contributed by atoms with Crippen molar-refractivity contribution in [1.82, 2.24) is 27.9 Å². The third kappa shape index (κ3) is 21.8. The number of para-hydroxylation sites is 2. The SMILES string of the molecule is C.C.CC1(C)OB(c2cccc(N3CCC3)c2C#N)OC1(C)C.COC(=O)c1cnc(N(Cc2ccccc2)Cc2ccccc2)c2c1cc(I)n2S(=O)(=O)c1ccccc1.O=C(Cl)C1CC1.[C-]#[N+]c1c(-c2cc3c(C(=O)OC)cnc(N(Cc4ccccc4)Cc4ccccc4)c3n2S(=O)(=O)c2ccccc2)cccc1N1CCC1.[C-]#[N+]c1c(-c2cc3c(C(=O)OC)cnc(N)c3[nH]2)cccc1N1CCC1. The number of methoxy groups -OCH3 is 3. The molecule has 1 aliphatic carbocycles. The van der Waals surface area contributed by atoms with Gasteiger partial charge in [0.05, 0.1) is 98.3 Å². The molecule has 0 amide bonds. The third-order valence-electron chi connectivity index (χ3n) is 25.5. The number of pyridine rings is 3. The molecule has 9 aromatic carbocycles. The summed E-state index contributed by atoms with van der Waals surface area (Å²) in [5.74, 6) is -0.381. The summed E-state index contributed by atoms with van der Waals surface area (Å²) < 4.78 is 88.0. The highest BCUT2D eigenvalue weighted by Gasteiger charge is 2.53. The highest BCUT2D eigenvalue weighted by molar-refractivity contribution is 14.1. The summed E-state index contributed by atoms with van der Waals surface area (Å²) in [6.45, 7) is 31.3. The van der Waals surface area contributed by atoms with Crippen LogP contribution in [0.3, 0.4) is 0 Å². The highest BCUT2D eigenvalue weighted by atomic mass is 127. The van der Waals surface area contributed by atoms with Gasteiger partial charge in [-0.05, 0) is 177 Å². The summed E-state index contributed by atoms with van der Waals surface area (Å²) in [5, 5.41) is 10.9. The maximum absolute atomic E-state index is 14.9. The predicted molar refractivity (Wildman–Crippen MR) is 568 cm³/mol. The van der Waals surface area contributed by atoms with Gasteiger partial charge in [0, 0.05) is 140 Å². The topological polar surface area (TPSA) is 322 Å². The number of halogens is 2. The molecule has 4 aliphatic heterocycles. The van der Waals surface area contributed by atoms with E-state index >= 15 is 0 Å². The van der Waals surface area contributed by atoms with E-state index in [1.54, 1.807) is 78.9 Å². The molecular weight excluding hydrogens is 1960 g/mol. The van der Waals surface area contributed by atoms with Crippen molar-refractivity contribution in [3.63, 3.8) is 0 Å². The number of ether oxygens (including phenoxy) is 3. The molecular formula is C109H108BClIN15O13S2. The molecule has 15 aromatic rings. The number of aromatic nitrogens is 6. The average molecular weight is 2070 g/mol. The quantitative estimate of drug-likeness (QED) is 0.0142. The molecule has 28 nitrogen and oxygen atoms in total. The van der Waals surface area contributed by atoms with Gasteiger partial charge in [-0.15, -0.1) is 0 Å². The van der Waals surface area contributed by atoms with Crippen LogP contribution in [0, 0.1) is 34.1 Å². The molecule has 0 bridgehead atoms. The summed E-state index contributed by atoms with van der Waals surface area (Å²) in [6, 6.07) is 80.7. The molecule has 3 N–H and O–H groups in total. The Morgan fingerprint density at radius 2 is 0.880 bits per heavy atom. The molecule has 0 radical (unpaired) electrons. The van der Waals surface area contributed by atoms with Gasteiger partial charge >= 0.3 is 25.0 Å². The Labute approximate surface area is 846 Å². The lowest BCUT2D eigenvalue weighted by Gasteiger charge is -2.34. The van der Waals surface area contributed by atoms with E-state index in [1.165, 1.54) is 54.3 Å². The van der Waals surface area contributed by atoms with Gasteiger partial charge in [-0.3, -0.25) is 4.79 Å². The van der Waals surface area contributed by atoms with Crippen molar-refractivity contribution in [3.05, 3.63) is 344 Å². The molecule has 5 fully saturated rings. The summed E-state index contributed by atoms with van der Waals surface area (Å²) in [7, 11) is -4.91. The van der Waals surface area contributed by atoms with E-state index in [0.717, 1.165) is 121 Å². The smallest absolute Gasteiger partial charge is 0.465 e. The van der Waals surface area contributed by atoms with E-state index in [2.05, 4.69) is 45.4 Å². The number of nitriles is 1. The number of nitrogens with two attached hydrogens (primary N) is 1. The number of hydrogen-bond acceptors (Lipinski definition) is 23. The number of benzene rings is 9. The average Bonchev–Trinajstić information content (AvgIpc) is 1.56. The fourth-order valence-electron chi connectivity index (χ4n) is 16.9. The molecule has 20 rings (SSSR count). The molecule has 0 unspecified atom stereocenters. The molecule has 0 spiro atoms. The van der Waals surface area contributed by atoms with Crippen LogP contribution in [0.5, 0.6) is 0 Å². The fraction of sp³-hybridized carbons (Fsp3) is 0.248. The van der Waals surface area contributed by atoms with E-state index in [-0.39, 0.29) is 58.1 Å². The zero-order valence-electron chi connectivity index (χ0n) is 78.0. The zero-order chi connectivity index (χ0) is 98.7. The van der Waals surface area contributed by atoms with Crippen LogP contribution >= 0.6 is 34.2 Å². The molecule has 6 aromatic heterocycles. The van der Waals surface area contributed by atoms with Gasteiger partial charge in [-0.1, -0.05) is 209 Å². The molecule has 4 saturated heterocycles.